The van der Waals surface area contributed by atoms with Crippen molar-refractivity contribution in [3.63, 3.8) is 0 Å². The van der Waals surface area contributed by atoms with Crippen LogP contribution in [0.2, 0.25) is 5.02 Å². The molecule has 0 spiro atoms. The van der Waals surface area contributed by atoms with E-state index in [9.17, 15) is 9.59 Å². The van der Waals surface area contributed by atoms with Crippen LogP contribution in [0, 0.1) is 5.41 Å². The lowest BCUT2D eigenvalue weighted by Crippen LogP contribution is -2.14. The first-order valence-corrected chi connectivity index (χ1v) is 11.8. The monoisotopic (exact) mass is 497 g/mol. The van der Waals surface area contributed by atoms with Gasteiger partial charge in [-0.3, -0.25) is 15.0 Å². The zero-order valence-electron chi connectivity index (χ0n) is 18.9. The van der Waals surface area contributed by atoms with Gasteiger partial charge >= 0.3 is 0 Å². The van der Waals surface area contributed by atoms with Crippen LogP contribution in [0.5, 0.6) is 0 Å². The highest BCUT2D eigenvalue weighted by Gasteiger charge is 2.34. The van der Waals surface area contributed by atoms with Gasteiger partial charge in [-0.05, 0) is 49.2 Å². The lowest BCUT2D eigenvalue weighted by atomic mass is 10.0. The van der Waals surface area contributed by atoms with E-state index in [1.54, 1.807) is 24.4 Å². The summed E-state index contributed by atoms with van der Waals surface area (Å²) < 4.78 is 1.83. The van der Waals surface area contributed by atoms with E-state index in [1.165, 1.54) is 6.21 Å². The summed E-state index contributed by atoms with van der Waals surface area (Å²) in [4.78, 5) is 25.7. The van der Waals surface area contributed by atoms with Crippen molar-refractivity contribution in [1.29, 1.82) is 5.41 Å². The molecule has 3 aromatic carbocycles. The number of carbonyl (C=O) groups excluding carboxylic acids is 2. The van der Waals surface area contributed by atoms with Gasteiger partial charge in [-0.15, -0.1) is 0 Å². The Morgan fingerprint density at radius 2 is 2.08 bits per heavy atom. The molecule has 9 nitrogen and oxygen atoms in total. The molecular formula is C26H20ClN7O2. The maximum Gasteiger partial charge on any atom is 0.259 e. The SMILES string of the molecule is N=C/C=N\Nc1ccc(NC(=O)c2cnn(-c3ccc4c5c(cccc35)C(=O)N4)c2C2CC2)cc1Cl. The fourth-order valence-corrected chi connectivity index (χ4v) is 4.78. The molecule has 0 atom stereocenters. The summed E-state index contributed by atoms with van der Waals surface area (Å²) in [6.07, 6.45) is 5.90. The molecule has 4 N–H and O–H groups in total. The first kappa shape index (κ1) is 22.0. The minimum atomic E-state index is -0.274. The van der Waals surface area contributed by atoms with Crippen molar-refractivity contribution < 1.29 is 9.59 Å². The van der Waals surface area contributed by atoms with Crippen LogP contribution in [0.25, 0.3) is 16.5 Å². The Morgan fingerprint density at radius 3 is 2.86 bits per heavy atom. The molecule has 2 amide bonds. The average molecular weight is 498 g/mol. The van der Waals surface area contributed by atoms with Crippen LogP contribution in [0.15, 0.2) is 59.8 Å². The van der Waals surface area contributed by atoms with Crippen molar-refractivity contribution in [2.45, 2.75) is 18.8 Å². The van der Waals surface area contributed by atoms with E-state index in [4.69, 9.17) is 17.0 Å². The number of amides is 2. The smallest absolute Gasteiger partial charge is 0.259 e. The molecule has 2 aliphatic rings. The number of hydrogen-bond acceptors (Lipinski definition) is 6. The molecule has 1 aromatic heterocycles. The van der Waals surface area contributed by atoms with Crippen molar-refractivity contribution >= 4 is 63.7 Å². The molecule has 1 aliphatic heterocycles. The highest BCUT2D eigenvalue weighted by Crippen LogP contribution is 2.44. The number of benzene rings is 3. The molecule has 4 aromatic rings. The Morgan fingerprint density at radius 1 is 1.22 bits per heavy atom. The normalized spacial score (nSPS) is 14.3. The average Bonchev–Trinajstić information content (AvgIpc) is 3.53. The molecule has 1 saturated carbocycles. The first-order chi connectivity index (χ1) is 17.5. The Kier molecular flexibility index (Phi) is 5.26. The van der Waals surface area contributed by atoms with Crippen LogP contribution in [0.3, 0.4) is 0 Å². The molecule has 0 radical (unpaired) electrons. The van der Waals surface area contributed by atoms with Crippen LogP contribution in [0.1, 0.15) is 45.2 Å². The minimum absolute atomic E-state index is 0.114. The van der Waals surface area contributed by atoms with Gasteiger partial charge in [-0.1, -0.05) is 23.7 Å². The molecule has 36 heavy (non-hydrogen) atoms. The molecular weight excluding hydrogens is 478 g/mol. The topological polar surface area (TPSA) is 124 Å². The second-order valence-corrected chi connectivity index (χ2v) is 9.06. The third-order valence-electron chi connectivity index (χ3n) is 6.31. The maximum atomic E-state index is 13.3. The van der Waals surface area contributed by atoms with Gasteiger partial charge in [0.05, 0.1) is 40.1 Å². The standard InChI is InChI=1S/C26H20ClN7O2/c27-19-12-15(6-7-20(19)33-29-11-10-28)31-26(36)18-13-30-34(24(18)14-4-5-14)22-9-8-21-23-16(22)2-1-3-17(23)25(35)32-21/h1-3,6-14,28,33H,4-5H2,(H,31,36)(H,32,35)/b28-10?,29-11-. The summed E-state index contributed by atoms with van der Waals surface area (Å²) in [5.74, 6) is -0.153. The molecule has 1 fully saturated rings. The zero-order chi connectivity index (χ0) is 24.8. The number of halogens is 1. The molecule has 10 heteroatoms. The van der Waals surface area contributed by atoms with Crippen LogP contribution < -0.4 is 16.1 Å². The second-order valence-electron chi connectivity index (χ2n) is 8.65. The fourth-order valence-electron chi connectivity index (χ4n) is 4.56. The summed E-state index contributed by atoms with van der Waals surface area (Å²) >= 11 is 6.32. The Hall–Kier alpha value is -4.50. The van der Waals surface area contributed by atoms with Crippen LogP contribution in [0.4, 0.5) is 17.1 Å². The number of aromatic nitrogens is 2. The van der Waals surface area contributed by atoms with Crippen molar-refractivity contribution in [3.8, 4) is 5.69 Å². The van der Waals surface area contributed by atoms with Gasteiger partial charge in [0.2, 0.25) is 0 Å². The van der Waals surface area contributed by atoms with Crippen LogP contribution in [-0.2, 0) is 0 Å². The van der Waals surface area contributed by atoms with Crippen LogP contribution in [-0.4, -0.2) is 34.0 Å². The van der Waals surface area contributed by atoms with E-state index in [0.29, 0.717) is 27.5 Å². The summed E-state index contributed by atoms with van der Waals surface area (Å²) in [6, 6.07) is 14.5. The van der Waals surface area contributed by atoms with Crippen molar-refractivity contribution in [2.24, 2.45) is 5.10 Å². The van der Waals surface area contributed by atoms with E-state index in [1.807, 2.05) is 35.0 Å². The third-order valence-corrected chi connectivity index (χ3v) is 6.63. The largest absolute Gasteiger partial charge is 0.322 e. The Bertz CT molecular complexity index is 1600. The predicted molar refractivity (Wildman–Crippen MR) is 141 cm³/mol. The highest BCUT2D eigenvalue weighted by molar-refractivity contribution is 6.33. The molecule has 0 unspecified atom stereocenters. The number of nitrogens with zero attached hydrogens (tertiary/aromatic N) is 3. The lowest BCUT2D eigenvalue weighted by Gasteiger charge is -2.13. The molecule has 1 aliphatic carbocycles. The van der Waals surface area contributed by atoms with Gasteiger partial charge in [0.25, 0.3) is 11.8 Å². The second kappa shape index (κ2) is 8.62. The van der Waals surface area contributed by atoms with Gasteiger partial charge in [-0.2, -0.15) is 10.2 Å². The van der Waals surface area contributed by atoms with Gasteiger partial charge in [-0.25, -0.2) is 4.68 Å². The molecule has 178 valence electrons. The van der Waals surface area contributed by atoms with Crippen LogP contribution >= 0.6 is 11.6 Å². The Labute approximate surface area is 210 Å². The predicted octanol–water partition coefficient (Wildman–Crippen LogP) is 5.42. The van der Waals surface area contributed by atoms with E-state index in [0.717, 1.165) is 46.9 Å². The summed E-state index contributed by atoms with van der Waals surface area (Å²) in [7, 11) is 0. The quantitative estimate of drug-likeness (QED) is 0.201. The molecule has 0 bridgehead atoms. The van der Waals surface area contributed by atoms with E-state index >= 15 is 0 Å². The highest BCUT2D eigenvalue weighted by atomic mass is 35.5. The van der Waals surface area contributed by atoms with Gasteiger partial charge in [0.15, 0.2) is 0 Å². The first-order valence-electron chi connectivity index (χ1n) is 11.4. The van der Waals surface area contributed by atoms with Crippen molar-refractivity contribution in [1.82, 2.24) is 9.78 Å². The number of nitrogens with one attached hydrogen (secondary N) is 4. The number of rotatable bonds is 7. The molecule has 0 saturated heterocycles. The maximum absolute atomic E-state index is 13.3. The van der Waals surface area contributed by atoms with E-state index < -0.39 is 0 Å². The summed E-state index contributed by atoms with van der Waals surface area (Å²) in [5.41, 5.74) is 7.45. The van der Waals surface area contributed by atoms with E-state index in [2.05, 4.69) is 26.3 Å². The lowest BCUT2D eigenvalue weighted by molar-refractivity contribution is 0.102. The van der Waals surface area contributed by atoms with E-state index in [-0.39, 0.29) is 17.7 Å². The minimum Gasteiger partial charge on any atom is -0.322 e. The third kappa shape index (κ3) is 3.70. The number of anilines is 3. The zero-order valence-corrected chi connectivity index (χ0v) is 19.6. The van der Waals surface area contributed by atoms with Crippen molar-refractivity contribution in [2.75, 3.05) is 16.1 Å². The number of hydrazone groups is 1. The van der Waals surface area contributed by atoms with Crippen molar-refractivity contribution in [3.05, 3.63) is 76.6 Å². The van der Waals surface area contributed by atoms with Gasteiger partial charge in [0.1, 0.15) is 0 Å². The summed E-state index contributed by atoms with van der Waals surface area (Å²) in [5, 5.41) is 23.4. The number of hydrogen-bond donors (Lipinski definition) is 4. The summed E-state index contributed by atoms with van der Waals surface area (Å²) in [6.45, 7) is 0. The van der Waals surface area contributed by atoms with Gasteiger partial charge < -0.3 is 16.0 Å². The fraction of sp³-hybridized carbons (Fsp3) is 0.115. The Balaban J connectivity index is 1.34. The van der Waals surface area contributed by atoms with Gasteiger partial charge in [0, 0.05) is 39.8 Å². The number of carbonyl (C=O) groups is 2. The molecule has 6 rings (SSSR count). The molecule has 2 heterocycles.